The molecule has 0 saturated carbocycles. The van der Waals surface area contributed by atoms with Crippen LogP contribution in [0.15, 0.2) is 17.6 Å². The minimum Gasteiger partial charge on any atom is -0.358 e. The van der Waals surface area contributed by atoms with Gasteiger partial charge in [0.05, 0.1) is 12.5 Å². The molecule has 1 aliphatic rings. The zero-order chi connectivity index (χ0) is 13.2. The number of aromatic nitrogens is 2. The van der Waals surface area contributed by atoms with E-state index in [1.54, 1.807) is 0 Å². The van der Waals surface area contributed by atoms with Crippen molar-refractivity contribution in [2.75, 3.05) is 26.7 Å². The molecule has 1 amide bonds. The summed E-state index contributed by atoms with van der Waals surface area (Å²) >= 11 is 0. The number of nitrogens with one attached hydrogen (secondary N) is 3. The van der Waals surface area contributed by atoms with Crippen molar-refractivity contribution in [2.45, 2.75) is 11.1 Å². The number of hydrogen-bond donors (Lipinski definition) is 3. The molecule has 1 saturated heterocycles. The summed E-state index contributed by atoms with van der Waals surface area (Å²) in [6, 6.07) is -0.739. The average Bonchev–Trinajstić information content (AvgIpc) is 2.92. The lowest BCUT2D eigenvalue weighted by molar-refractivity contribution is -0.124. The number of carbonyl (C=O) groups is 1. The fourth-order valence-electron chi connectivity index (χ4n) is 1.87. The first-order valence-electron chi connectivity index (χ1n) is 5.50. The maximum absolute atomic E-state index is 12.3. The molecule has 0 spiro atoms. The highest BCUT2D eigenvalue weighted by molar-refractivity contribution is 7.89. The van der Waals surface area contributed by atoms with Crippen LogP contribution in [-0.2, 0) is 14.8 Å². The Morgan fingerprint density at radius 1 is 1.61 bits per heavy atom. The summed E-state index contributed by atoms with van der Waals surface area (Å²) < 4.78 is 25.8. The zero-order valence-electron chi connectivity index (χ0n) is 9.88. The van der Waals surface area contributed by atoms with Crippen molar-refractivity contribution in [1.29, 1.82) is 0 Å². The number of carbonyl (C=O) groups excluding carboxylic acids is 1. The van der Waals surface area contributed by atoms with Crippen LogP contribution in [0.1, 0.15) is 0 Å². The number of aromatic amines is 1. The predicted molar refractivity (Wildman–Crippen MR) is 63.2 cm³/mol. The molecule has 0 aromatic carbocycles. The van der Waals surface area contributed by atoms with Gasteiger partial charge in [0, 0.05) is 26.7 Å². The van der Waals surface area contributed by atoms with Crippen LogP contribution in [0.5, 0.6) is 0 Å². The Hall–Kier alpha value is -1.45. The van der Waals surface area contributed by atoms with Gasteiger partial charge in [-0.1, -0.05) is 0 Å². The Bertz CT molecular complexity index is 512. The van der Waals surface area contributed by atoms with Crippen LogP contribution in [0.3, 0.4) is 0 Å². The molecule has 8 nitrogen and oxygen atoms in total. The summed E-state index contributed by atoms with van der Waals surface area (Å²) in [5, 5.41) is 5.47. The number of piperazine rings is 1. The third-order valence-corrected chi connectivity index (χ3v) is 4.64. The first-order valence-corrected chi connectivity index (χ1v) is 6.94. The molecule has 0 bridgehead atoms. The SMILES string of the molecule is CNC(=O)C1CNCCN1S(=O)(=O)c1cnc[nH]1. The smallest absolute Gasteiger partial charge is 0.260 e. The van der Waals surface area contributed by atoms with E-state index in [1.807, 2.05) is 0 Å². The van der Waals surface area contributed by atoms with E-state index in [-0.39, 0.29) is 17.5 Å². The van der Waals surface area contributed by atoms with Gasteiger partial charge in [-0.15, -0.1) is 0 Å². The van der Waals surface area contributed by atoms with Gasteiger partial charge in [-0.2, -0.15) is 4.31 Å². The minimum absolute atomic E-state index is 0.00157. The Morgan fingerprint density at radius 3 is 3.00 bits per heavy atom. The van der Waals surface area contributed by atoms with E-state index in [0.717, 1.165) is 0 Å². The lowest BCUT2D eigenvalue weighted by atomic mass is 10.2. The highest BCUT2D eigenvalue weighted by Gasteiger charge is 2.37. The van der Waals surface area contributed by atoms with Crippen LogP contribution in [0.2, 0.25) is 0 Å². The van der Waals surface area contributed by atoms with Crippen LogP contribution >= 0.6 is 0 Å². The molecule has 0 radical (unpaired) electrons. The topological polar surface area (TPSA) is 107 Å². The Labute approximate surface area is 105 Å². The predicted octanol–water partition coefficient (Wildman–Crippen LogP) is -1.88. The summed E-state index contributed by atoms with van der Waals surface area (Å²) in [6.45, 7) is 1.06. The van der Waals surface area contributed by atoms with E-state index in [2.05, 4.69) is 20.6 Å². The molecule has 1 aliphatic heterocycles. The summed E-state index contributed by atoms with van der Waals surface area (Å²) in [5.74, 6) is -0.328. The van der Waals surface area contributed by atoms with Crippen molar-refractivity contribution in [2.24, 2.45) is 0 Å². The lowest BCUT2D eigenvalue weighted by Gasteiger charge is -2.33. The van der Waals surface area contributed by atoms with Crippen molar-refractivity contribution in [3.05, 3.63) is 12.5 Å². The van der Waals surface area contributed by atoms with E-state index in [0.29, 0.717) is 13.1 Å². The molecule has 2 heterocycles. The van der Waals surface area contributed by atoms with Crippen LogP contribution in [0.4, 0.5) is 0 Å². The van der Waals surface area contributed by atoms with Crippen molar-refractivity contribution < 1.29 is 13.2 Å². The lowest BCUT2D eigenvalue weighted by Crippen LogP contribution is -2.59. The van der Waals surface area contributed by atoms with E-state index in [1.165, 1.54) is 23.9 Å². The Kier molecular flexibility index (Phi) is 3.64. The number of nitrogens with zero attached hydrogens (tertiary/aromatic N) is 2. The van der Waals surface area contributed by atoms with E-state index < -0.39 is 16.1 Å². The Morgan fingerprint density at radius 2 is 2.39 bits per heavy atom. The van der Waals surface area contributed by atoms with Crippen LogP contribution in [-0.4, -0.2) is 61.3 Å². The van der Waals surface area contributed by atoms with Gasteiger partial charge < -0.3 is 15.6 Å². The van der Waals surface area contributed by atoms with Crippen molar-refractivity contribution in [1.82, 2.24) is 24.9 Å². The molecular weight excluding hydrogens is 258 g/mol. The van der Waals surface area contributed by atoms with Gasteiger partial charge in [-0.25, -0.2) is 13.4 Å². The van der Waals surface area contributed by atoms with Crippen molar-refractivity contribution in [3.63, 3.8) is 0 Å². The number of hydrogen-bond acceptors (Lipinski definition) is 5. The highest BCUT2D eigenvalue weighted by Crippen LogP contribution is 2.17. The zero-order valence-corrected chi connectivity index (χ0v) is 10.7. The second kappa shape index (κ2) is 5.04. The van der Waals surface area contributed by atoms with E-state index in [4.69, 9.17) is 0 Å². The standard InChI is InChI=1S/C9H15N5O3S/c1-10-9(15)7-4-11-2-3-14(7)18(16,17)8-5-12-6-13-8/h5-7,11H,2-4H2,1H3,(H,10,15)(H,12,13). The van der Waals surface area contributed by atoms with Gasteiger partial charge >= 0.3 is 0 Å². The number of rotatable bonds is 3. The van der Waals surface area contributed by atoms with Crippen LogP contribution in [0.25, 0.3) is 0 Å². The first kappa shape index (κ1) is 13.0. The molecule has 3 N–H and O–H groups in total. The quantitative estimate of drug-likeness (QED) is 0.597. The summed E-state index contributed by atoms with van der Waals surface area (Å²) in [5.41, 5.74) is 0. The van der Waals surface area contributed by atoms with Gasteiger partial charge in [0.2, 0.25) is 5.91 Å². The molecule has 0 aliphatic carbocycles. The minimum atomic E-state index is -3.71. The third-order valence-electron chi connectivity index (χ3n) is 2.80. The van der Waals surface area contributed by atoms with Gasteiger partial charge in [-0.05, 0) is 0 Å². The molecule has 1 fully saturated rings. The number of H-pyrrole nitrogens is 1. The number of sulfonamides is 1. The monoisotopic (exact) mass is 273 g/mol. The van der Waals surface area contributed by atoms with Crippen molar-refractivity contribution in [3.8, 4) is 0 Å². The van der Waals surface area contributed by atoms with Crippen LogP contribution in [0, 0.1) is 0 Å². The molecule has 100 valence electrons. The van der Waals surface area contributed by atoms with Crippen LogP contribution < -0.4 is 10.6 Å². The van der Waals surface area contributed by atoms with Gasteiger partial charge in [-0.3, -0.25) is 4.79 Å². The number of imidazole rings is 1. The van der Waals surface area contributed by atoms with Crippen molar-refractivity contribution >= 4 is 15.9 Å². The van der Waals surface area contributed by atoms with E-state index in [9.17, 15) is 13.2 Å². The summed E-state index contributed by atoms with van der Waals surface area (Å²) in [6.07, 6.45) is 2.53. The fourth-order valence-corrected chi connectivity index (χ4v) is 3.36. The normalized spacial score (nSPS) is 21.7. The largest absolute Gasteiger partial charge is 0.358 e. The van der Waals surface area contributed by atoms with Gasteiger partial charge in [0.1, 0.15) is 6.04 Å². The maximum Gasteiger partial charge on any atom is 0.260 e. The Balaban J connectivity index is 2.32. The number of amides is 1. The second-order valence-electron chi connectivity index (χ2n) is 3.87. The molecule has 1 atom stereocenters. The average molecular weight is 273 g/mol. The molecular formula is C9H15N5O3S. The second-order valence-corrected chi connectivity index (χ2v) is 5.72. The van der Waals surface area contributed by atoms with E-state index >= 15 is 0 Å². The first-order chi connectivity index (χ1) is 8.57. The summed E-state index contributed by atoms with van der Waals surface area (Å²) in [7, 11) is -2.22. The van der Waals surface area contributed by atoms with Gasteiger partial charge in [0.25, 0.3) is 10.0 Å². The maximum atomic E-state index is 12.3. The molecule has 1 aromatic heterocycles. The molecule has 1 aromatic rings. The molecule has 9 heteroatoms. The third kappa shape index (κ3) is 2.24. The highest BCUT2D eigenvalue weighted by atomic mass is 32.2. The van der Waals surface area contributed by atoms with Gasteiger partial charge in [0.15, 0.2) is 5.03 Å². The molecule has 2 rings (SSSR count). The fraction of sp³-hybridized carbons (Fsp3) is 0.556. The summed E-state index contributed by atoms with van der Waals surface area (Å²) in [4.78, 5) is 18.0. The molecule has 18 heavy (non-hydrogen) atoms. The number of likely N-dealkylation sites (N-methyl/N-ethyl adjacent to an activating group) is 1. The molecule has 1 unspecified atom stereocenters.